The predicted molar refractivity (Wildman–Crippen MR) is 142 cm³/mol. The summed E-state index contributed by atoms with van der Waals surface area (Å²) in [4.78, 5) is 33.5. The standard InChI is InChI=1S/C27H37N7O/c1-3-14-32(15-4-2)16-8-13-28-26(35)24-21-31-25(23-10-6-5-9-22(23)24)33-17-19-34(20-18-33)27-29-11-7-12-30-27/h5-7,9-12,21H,3-4,8,13-20H2,1-2H3,(H,28,35). The third-order valence-electron chi connectivity index (χ3n) is 6.45. The molecule has 0 atom stereocenters. The van der Waals surface area contributed by atoms with Crippen molar-refractivity contribution in [1.29, 1.82) is 0 Å². The Morgan fingerprint density at radius 3 is 2.23 bits per heavy atom. The molecule has 1 aliphatic rings. The molecular formula is C27H37N7O. The van der Waals surface area contributed by atoms with E-state index in [1.807, 2.05) is 24.3 Å². The van der Waals surface area contributed by atoms with Gasteiger partial charge >= 0.3 is 0 Å². The Balaban J connectivity index is 1.40. The minimum absolute atomic E-state index is 0.0520. The molecule has 2 aromatic heterocycles. The molecule has 1 amide bonds. The van der Waals surface area contributed by atoms with Gasteiger partial charge in [-0.2, -0.15) is 0 Å². The van der Waals surface area contributed by atoms with E-state index in [2.05, 4.69) is 49.9 Å². The van der Waals surface area contributed by atoms with Crippen molar-refractivity contribution in [3.05, 3.63) is 54.5 Å². The molecule has 3 aromatic rings. The van der Waals surface area contributed by atoms with Crippen LogP contribution in [0, 0.1) is 0 Å². The quantitative estimate of drug-likeness (QED) is 0.425. The van der Waals surface area contributed by atoms with Crippen molar-refractivity contribution in [2.45, 2.75) is 33.1 Å². The summed E-state index contributed by atoms with van der Waals surface area (Å²) in [7, 11) is 0. The number of rotatable bonds is 11. The number of hydrogen-bond donors (Lipinski definition) is 1. The molecule has 0 aliphatic carbocycles. The molecule has 0 spiro atoms. The highest BCUT2D eigenvalue weighted by Crippen LogP contribution is 2.28. The van der Waals surface area contributed by atoms with Gasteiger partial charge in [-0.15, -0.1) is 0 Å². The summed E-state index contributed by atoms with van der Waals surface area (Å²) in [6, 6.07) is 9.92. The van der Waals surface area contributed by atoms with E-state index < -0.39 is 0 Å². The fourth-order valence-electron chi connectivity index (χ4n) is 4.75. The SMILES string of the molecule is CCCN(CCC)CCCNC(=O)c1cnc(N2CCN(c3ncccn3)CC2)c2ccccc12. The third kappa shape index (κ3) is 6.25. The first-order valence-electron chi connectivity index (χ1n) is 12.9. The maximum Gasteiger partial charge on any atom is 0.253 e. The second-order valence-corrected chi connectivity index (χ2v) is 9.02. The van der Waals surface area contributed by atoms with Gasteiger partial charge in [0.15, 0.2) is 0 Å². The highest BCUT2D eigenvalue weighted by Gasteiger charge is 2.22. The Morgan fingerprint density at radius 1 is 0.886 bits per heavy atom. The van der Waals surface area contributed by atoms with Gasteiger partial charge in [-0.25, -0.2) is 15.0 Å². The molecule has 1 aromatic carbocycles. The van der Waals surface area contributed by atoms with Crippen LogP contribution in [0.15, 0.2) is 48.9 Å². The Morgan fingerprint density at radius 2 is 1.54 bits per heavy atom. The van der Waals surface area contributed by atoms with E-state index in [-0.39, 0.29) is 5.91 Å². The lowest BCUT2D eigenvalue weighted by Crippen LogP contribution is -2.47. The van der Waals surface area contributed by atoms with Gasteiger partial charge < -0.3 is 20.0 Å². The van der Waals surface area contributed by atoms with Gasteiger partial charge in [0.1, 0.15) is 5.82 Å². The van der Waals surface area contributed by atoms with Gasteiger partial charge in [0, 0.05) is 56.7 Å². The Hall–Kier alpha value is -3.26. The zero-order valence-corrected chi connectivity index (χ0v) is 21.0. The number of benzene rings is 1. The van der Waals surface area contributed by atoms with Gasteiger partial charge in [-0.1, -0.05) is 38.1 Å². The third-order valence-corrected chi connectivity index (χ3v) is 6.45. The van der Waals surface area contributed by atoms with E-state index in [0.29, 0.717) is 12.1 Å². The van der Waals surface area contributed by atoms with Crippen LogP contribution in [0.3, 0.4) is 0 Å². The normalized spacial score (nSPS) is 14.0. The second kappa shape index (κ2) is 12.4. The molecule has 186 valence electrons. The van der Waals surface area contributed by atoms with Crippen molar-refractivity contribution in [2.24, 2.45) is 0 Å². The molecule has 3 heterocycles. The van der Waals surface area contributed by atoms with Crippen LogP contribution in [0.5, 0.6) is 0 Å². The fraction of sp³-hybridized carbons (Fsp3) is 0.481. The van der Waals surface area contributed by atoms with Crippen molar-refractivity contribution in [3.63, 3.8) is 0 Å². The van der Waals surface area contributed by atoms with Crippen LogP contribution in [0.25, 0.3) is 10.8 Å². The largest absolute Gasteiger partial charge is 0.353 e. The first-order chi connectivity index (χ1) is 17.2. The lowest BCUT2D eigenvalue weighted by atomic mass is 10.1. The number of carbonyl (C=O) groups is 1. The molecular weight excluding hydrogens is 438 g/mol. The van der Waals surface area contributed by atoms with Gasteiger partial charge in [0.05, 0.1) is 5.56 Å². The molecule has 1 saturated heterocycles. The smallest absolute Gasteiger partial charge is 0.253 e. The number of anilines is 2. The number of nitrogens with one attached hydrogen (secondary N) is 1. The van der Waals surface area contributed by atoms with Crippen LogP contribution in [0.4, 0.5) is 11.8 Å². The number of nitrogens with zero attached hydrogens (tertiary/aromatic N) is 6. The Labute approximate surface area is 208 Å². The molecule has 1 aliphatic heterocycles. The average Bonchev–Trinajstić information content (AvgIpc) is 2.91. The number of hydrogen-bond acceptors (Lipinski definition) is 7. The van der Waals surface area contributed by atoms with Crippen molar-refractivity contribution in [3.8, 4) is 0 Å². The van der Waals surface area contributed by atoms with E-state index in [1.165, 1.54) is 0 Å². The van der Waals surface area contributed by atoms with Crippen LogP contribution in [-0.2, 0) is 0 Å². The number of carbonyl (C=O) groups excluding carboxylic acids is 1. The van der Waals surface area contributed by atoms with Crippen molar-refractivity contribution < 1.29 is 4.79 Å². The highest BCUT2D eigenvalue weighted by atomic mass is 16.1. The number of piperazine rings is 1. The Bertz CT molecular complexity index is 1080. The number of fused-ring (bicyclic) bond motifs is 1. The van der Waals surface area contributed by atoms with Crippen LogP contribution in [-0.4, -0.2) is 78.1 Å². The summed E-state index contributed by atoms with van der Waals surface area (Å²) >= 11 is 0. The minimum Gasteiger partial charge on any atom is -0.353 e. The van der Waals surface area contributed by atoms with Crippen LogP contribution >= 0.6 is 0 Å². The summed E-state index contributed by atoms with van der Waals surface area (Å²) in [5.74, 6) is 1.65. The van der Waals surface area contributed by atoms with E-state index in [4.69, 9.17) is 4.98 Å². The topological polar surface area (TPSA) is 77.5 Å². The summed E-state index contributed by atoms with van der Waals surface area (Å²) in [5, 5.41) is 5.08. The van der Waals surface area contributed by atoms with Crippen molar-refractivity contribution in [1.82, 2.24) is 25.2 Å². The number of pyridine rings is 1. The van der Waals surface area contributed by atoms with Crippen molar-refractivity contribution >= 4 is 28.4 Å². The van der Waals surface area contributed by atoms with E-state index in [0.717, 1.165) is 87.6 Å². The van der Waals surface area contributed by atoms with Gasteiger partial charge in [-0.3, -0.25) is 4.79 Å². The molecule has 4 rings (SSSR count). The maximum atomic E-state index is 13.0. The zero-order chi connectivity index (χ0) is 24.5. The van der Waals surface area contributed by atoms with Gasteiger partial charge in [0.2, 0.25) is 5.95 Å². The molecule has 0 unspecified atom stereocenters. The first-order valence-corrected chi connectivity index (χ1v) is 12.9. The molecule has 35 heavy (non-hydrogen) atoms. The van der Waals surface area contributed by atoms with E-state index in [1.54, 1.807) is 18.6 Å². The first kappa shape index (κ1) is 24.9. The monoisotopic (exact) mass is 475 g/mol. The Kier molecular flexibility index (Phi) is 8.84. The highest BCUT2D eigenvalue weighted by molar-refractivity contribution is 6.09. The number of aromatic nitrogens is 3. The van der Waals surface area contributed by atoms with E-state index >= 15 is 0 Å². The molecule has 8 heteroatoms. The molecule has 1 N–H and O–H groups in total. The average molecular weight is 476 g/mol. The van der Waals surface area contributed by atoms with Crippen molar-refractivity contribution in [2.75, 3.05) is 62.2 Å². The molecule has 8 nitrogen and oxygen atoms in total. The lowest BCUT2D eigenvalue weighted by molar-refractivity contribution is 0.0953. The molecule has 0 bridgehead atoms. The minimum atomic E-state index is -0.0520. The van der Waals surface area contributed by atoms with Gasteiger partial charge in [0.25, 0.3) is 5.91 Å². The maximum absolute atomic E-state index is 13.0. The summed E-state index contributed by atoms with van der Waals surface area (Å²) < 4.78 is 0. The van der Waals surface area contributed by atoms with Crippen LogP contribution in [0.2, 0.25) is 0 Å². The molecule has 0 radical (unpaired) electrons. The summed E-state index contributed by atoms with van der Waals surface area (Å²) in [5.41, 5.74) is 0.639. The second-order valence-electron chi connectivity index (χ2n) is 9.02. The predicted octanol–water partition coefficient (Wildman–Crippen LogP) is 3.59. The zero-order valence-electron chi connectivity index (χ0n) is 21.0. The summed E-state index contributed by atoms with van der Waals surface area (Å²) in [6.45, 7) is 11.6. The number of amides is 1. The van der Waals surface area contributed by atoms with Crippen LogP contribution < -0.4 is 15.1 Å². The molecule has 0 saturated carbocycles. The van der Waals surface area contributed by atoms with Crippen LogP contribution in [0.1, 0.15) is 43.5 Å². The fourth-order valence-corrected chi connectivity index (χ4v) is 4.75. The van der Waals surface area contributed by atoms with Gasteiger partial charge in [-0.05, 0) is 50.3 Å². The van der Waals surface area contributed by atoms with E-state index in [9.17, 15) is 4.79 Å². The lowest BCUT2D eigenvalue weighted by Gasteiger charge is -2.35. The summed E-state index contributed by atoms with van der Waals surface area (Å²) in [6.07, 6.45) is 8.56. The molecule has 1 fully saturated rings.